The Kier molecular flexibility index (Phi) is 4.41. The highest BCUT2D eigenvalue weighted by molar-refractivity contribution is 7.87. The van der Waals surface area contributed by atoms with E-state index in [1.54, 1.807) is 0 Å². The van der Waals surface area contributed by atoms with Crippen molar-refractivity contribution in [2.24, 2.45) is 0 Å². The van der Waals surface area contributed by atoms with E-state index in [-0.39, 0.29) is 5.56 Å². The second kappa shape index (κ2) is 5.33. The van der Waals surface area contributed by atoms with Crippen molar-refractivity contribution in [3.05, 3.63) is 29.6 Å². The summed E-state index contributed by atoms with van der Waals surface area (Å²) in [5.41, 5.74) is -0.0129. The van der Waals surface area contributed by atoms with Crippen LogP contribution < -0.4 is 4.74 Å². The zero-order chi connectivity index (χ0) is 14.8. The molecule has 0 aromatic heterocycles. The molecule has 0 spiro atoms. The predicted molar refractivity (Wildman–Crippen MR) is 59.4 cm³/mol. The number of benzene rings is 1. The quantitative estimate of drug-likeness (QED) is 0.867. The number of alkyl halides is 3. The highest BCUT2D eigenvalue weighted by atomic mass is 32.2. The van der Waals surface area contributed by atoms with Crippen LogP contribution in [0.25, 0.3) is 0 Å². The summed E-state index contributed by atoms with van der Waals surface area (Å²) in [4.78, 5) is 0. The Balaban J connectivity index is 3.03. The molecule has 9 heteroatoms. The lowest BCUT2D eigenvalue weighted by Crippen LogP contribution is -2.17. The van der Waals surface area contributed by atoms with Crippen molar-refractivity contribution in [2.75, 3.05) is 6.26 Å². The van der Waals surface area contributed by atoms with Gasteiger partial charge in [-0.25, -0.2) is 13.4 Å². The Labute approximate surface area is 107 Å². The van der Waals surface area contributed by atoms with Crippen molar-refractivity contribution in [1.82, 2.24) is 0 Å². The molecule has 1 rings (SSSR count). The Morgan fingerprint density at radius 2 is 1.89 bits per heavy atom. The Bertz CT molecular complexity index is 556. The van der Waals surface area contributed by atoms with Crippen molar-refractivity contribution in [3.8, 4) is 5.75 Å². The number of nitrogens with one attached hydrogen (secondary N) is 1. The molecule has 2 unspecified atom stereocenters. The van der Waals surface area contributed by atoms with E-state index in [9.17, 15) is 21.8 Å². The number of halogens is 4. The summed E-state index contributed by atoms with van der Waals surface area (Å²) >= 11 is 0. The van der Waals surface area contributed by atoms with Crippen LogP contribution in [0.4, 0.5) is 17.6 Å². The standard InChI is InChI=1S/C10H11F4NO3S/c1-6(18-19(2,15)16)7-3-8(11)5-9(4-7)17-10(12,13)14/h3-6,15H,1-2H3. The second-order valence-electron chi connectivity index (χ2n) is 3.78. The fourth-order valence-corrected chi connectivity index (χ4v) is 2.00. The van der Waals surface area contributed by atoms with E-state index in [4.69, 9.17) is 8.96 Å². The summed E-state index contributed by atoms with van der Waals surface area (Å²) in [7, 11) is -3.32. The van der Waals surface area contributed by atoms with E-state index in [2.05, 4.69) is 4.74 Å². The molecule has 1 N–H and O–H groups in total. The number of rotatable bonds is 4. The third kappa shape index (κ3) is 5.88. The molecule has 0 radical (unpaired) electrons. The van der Waals surface area contributed by atoms with Gasteiger partial charge >= 0.3 is 6.36 Å². The summed E-state index contributed by atoms with van der Waals surface area (Å²) < 4.78 is 75.8. The van der Waals surface area contributed by atoms with Gasteiger partial charge in [-0.2, -0.15) is 0 Å². The smallest absolute Gasteiger partial charge is 0.406 e. The third-order valence-corrected chi connectivity index (χ3v) is 2.58. The molecule has 0 bridgehead atoms. The number of ether oxygens (including phenoxy) is 1. The fraction of sp³-hybridized carbons (Fsp3) is 0.400. The van der Waals surface area contributed by atoms with Crippen LogP contribution in [0, 0.1) is 10.6 Å². The average Bonchev–Trinajstić information content (AvgIpc) is 2.10. The molecule has 0 fully saturated rings. The first-order valence-electron chi connectivity index (χ1n) is 4.94. The Morgan fingerprint density at radius 3 is 2.37 bits per heavy atom. The molecule has 0 saturated heterocycles. The first-order chi connectivity index (χ1) is 8.46. The van der Waals surface area contributed by atoms with Gasteiger partial charge in [-0.3, -0.25) is 4.18 Å². The molecule has 0 aliphatic carbocycles. The molecule has 0 aliphatic rings. The molecule has 1 aromatic carbocycles. The first kappa shape index (κ1) is 15.7. The molecule has 0 heterocycles. The lowest BCUT2D eigenvalue weighted by molar-refractivity contribution is -0.274. The van der Waals surface area contributed by atoms with Gasteiger partial charge in [0.2, 0.25) is 0 Å². The first-order valence-corrected chi connectivity index (χ1v) is 6.84. The van der Waals surface area contributed by atoms with Gasteiger partial charge in [-0.1, -0.05) is 0 Å². The fourth-order valence-electron chi connectivity index (χ4n) is 1.34. The van der Waals surface area contributed by atoms with Crippen LogP contribution in [0.3, 0.4) is 0 Å². The van der Waals surface area contributed by atoms with E-state index in [0.717, 1.165) is 18.4 Å². The van der Waals surface area contributed by atoms with Crippen molar-refractivity contribution < 1.29 is 30.7 Å². The molecule has 4 nitrogen and oxygen atoms in total. The summed E-state index contributed by atoms with van der Waals surface area (Å²) in [6.45, 7) is 1.34. The monoisotopic (exact) mass is 301 g/mol. The lowest BCUT2D eigenvalue weighted by Gasteiger charge is -2.15. The van der Waals surface area contributed by atoms with Crippen LogP contribution in [0.1, 0.15) is 18.6 Å². The largest absolute Gasteiger partial charge is 0.573 e. The van der Waals surface area contributed by atoms with E-state index in [1.807, 2.05) is 0 Å². The number of hydrogen-bond donors (Lipinski definition) is 1. The molecule has 2 atom stereocenters. The summed E-state index contributed by atoms with van der Waals surface area (Å²) in [6, 6.07) is 2.39. The molecular weight excluding hydrogens is 290 g/mol. The minimum absolute atomic E-state index is 0.0129. The van der Waals surface area contributed by atoms with Crippen molar-refractivity contribution in [1.29, 1.82) is 4.78 Å². The molecule has 1 aromatic rings. The average molecular weight is 301 g/mol. The van der Waals surface area contributed by atoms with Crippen molar-refractivity contribution in [2.45, 2.75) is 19.4 Å². The molecule has 0 saturated carbocycles. The zero-order valence-electron chi connectivity index (χ0n) is 9.95. The van der Waals surface area contributed by atoms with Crippen LogP contribution in [-0.2, 0) is 14.2 Å². The van der Waals surface area contributed by atoms with Crippen LogP contribution in [0.5, 0.6) is 5.75 Å². The van der Waals surface area contributed by atoms with E-state index < -0.39 is 34.0 Å². The van der Waals surface area contributed by atoms with Crippen LogP contribution >= 0.6 is 0 Å². The maximum atomic E-state index is 13.2. The summed E-state index contributed by atoms with van der Waals surface area (Å²) in [5.74, 6) is -1.70. The van der Waals surface area contributed by atoms with Gasteiger partial charge < -0.3 is 4.74 Å². The Hall–Kier alpha value is -1.35. The summed E-state index contributed by atoms with van der Waals surface area (Å²) in [5, 5.41) is 0. The topological polar surface area (TPSA) is 59.4 Å². The van der Waals surface area contributed by atoms with E-state index >= 15 is 0 Å². The molecule has 108 valence electrons. The molecule has 0 amide bonds. The van der Waals surface area contributed by atoms with Gasteiger partial charge in [0.1, 0.15) is 11.6 Å². The Morgan fingerprint density at radius 1 is 1.32 bits per heavy atom. The minimum Gasteiger partial charge on any atom is -0.406 e. The zero-order valence-corrected chi connectivity index (χ0v) is 10.8. The predicted octanol–water partition coefficient (Wildman–Crippen LogP) is 3.39. The highest BCUT2D eigenvalue weighted by Crippen LogP contribution is 2.28. The van der Waals surface area contributed by atoms with E-state index in [0.29, 0.717) is 6.07 Å². The maximum Gasteiger partial charge on any atom is 0.573 e. The van der Waals surface area contributed by atoms with Crippen LogP contribution in [-0.4, -0.2) is 16.8 Å². The summed E-state index contributed by atoms with van der Waals surface area (Å²) in [6.07, 6.45) is -4.96. The SMILES string of the molecule is CC(OS(C)(=N)=O)c1cc(F)cc(OC(F)(F)F)c1. The van der Waals surface area contributed by atoms with Gasteiger partial charge in [0.25, 0.3) is 0 Å². The van der Waals surface area contributed by atoms with Crippen molar-refractivity contribution in [3.63, 3.8) is 0 Å². The van der Waals surface area contributed by atoms with Gasteiger partial charge in [-0.05, 0) is 24.6 Å². The normalized spacial score (nSPS) is 16.7. The maximum absolute atomic E-state index is 13.2. The number of hydrogen-bond acceptors (Lipinski definition) is 4. The van der Waals surface area contributed by atoms with Gasteiger partial charge in [-0.15, -0.1) is 13.2 Å². The van der Waals surface area contributed by atoms with Crippen molar-refractivity contribution >= 4 is 10.0 Å². The highest BCUT2D eigenvalue weighted by Gasteiger charge is 2.31. The van der Waals surface area contributed by atoms with Crippen LogP contribution in [0.15, 0.2) is 18.2 Å². The third-order valence-electron chi connectivity index (χ3n) is 1.92. The molecule has 19 heavy (non-hydrogen) atoms. The van der Waals surface area contributed by atoms with Gasteiger partial charge in [0.15, 0.2) is 10.0 Å². The second-order valence-corrected chi connectivity index (χ2v) is 5.52. The van der Waals surface area contributed by atoms with Crippen LogP contribution in [0.2, 0.25) is 0 Å². The van der Waals surface area contributed by atoms with Gasteiger partial charge in [0.05, 0.1) is 6.10 Å². The minimum atomic E-state index is -4.94. The molecule has 0 aliphatic heterocycles. The lowest BCUT2D eigenvalue weighted by atomic mass is 10.1. The van der Waals surface area contributed by atoms with Gasteiger partial charge in [0, 0.05) is 12.3 Å². The van der Waals surface area contributed by atoms with E-state index in [1.165, 1.54) is 6.92 Å². The molecular formula is C10H11F4NO3S.